The van der Waals surface area contributed by atoms with E-state index in [4.69, 9.17) is 17.0 Å². The average Bonchev–Trinajstić information content (AvgIpc) is 2.98. The van der Waals surface area contributed by atoms with E-state index in [1.165, 1.54) is 11.3 Å². The molecule has 0 unspecified atom stereocenters. The first kappa shape index (κ1) is 16.9. The van der Waals surface area contributed by atoms with Crippen LogP contribution in [0.15, 0.2) is 34.2 Å². The Morgan fingerprint density at radius 3 is 3.00 bits per heavy atom. The summed E-state index contributed by atoms with van der Waals surface area (Å²) in [5, 5.41) is 8.12. The molecule has 0 aliphatic rings. The summed E-state index contributed by atoms with van der Waals surface area (Å²) in [5.41, 5.74) is 0.422. The lowest BCUT2D eigenvalue weighted by Crippen LogP contribution is -2.34. The van der Waals surface area contributed by atoms with Crippen molar-refractivity contribution < 1.29 is 9.53 Å². The minimum atomic E-state index is -0.332. The van der Waals surface area contributed by atoms with Gasteiger partial charge in [-0.25, -0.2) is 4.98 Å². The Kier molecular flexibility index (Phi) is 6.29. The maximum absolute atomic E-state index is 12.4. The highest BCUT2D eigenvalue weighted by atomic mass is 79.9. The van der Waals surface area contributed by atoms with Crippen LogP contribution in [0.3, 0.4) is 0 Å². The van der Waals surface area contributed by atoms with E-state index >= 15 is 0 Å². The van der Waals surface area contributed by atoms with Crippen molar-refractivity contribution >= 4 is 55.6 Å². The van der Waals surface area contributed by atoms with Crippen LogP contribution in [-0.2, 0) is 0 Å². The molecule has 8 heteroatoms. The Hall–Kier alpha value is -1.51. The molecule has 1 aromatic heterocycles. The van der Waals surface area contributed by atoms with Gasteiger partial charge in [0.1, 0.15) is 5.75 Å². The third-order valence-corrected chi connectivity index (χ3v) is 3.91. The molecule has 0 atom stereocenters. The molecule has 116 valence electrons. The molecule has 22 heavy (non-hydrogen) atoms. The molecule has 2 N–H and O–H groups in total. The summed E-state index contributed by atoms with van der Waals surface area (Å²) in [6, 6.07) is 5.28. The monoisotopic (exact) mass is 399 g/mol. The highest BCUT2D eigenvalue weighted by molar-refractivity contribution is 9.10. The van der Waals surface area contributed by atoms with Crippen molar-refractivity contribution in [2.24, 2.45) is 0 Å². The average molecular weight is 400 g/mol. The lowest BCUT2D eigenvalue weighted by Gasteiger charge is -2.12. The number of hydrogen-bond acceptors (Lipinski definition) is 5. The molecule has 1 amide bonds. The molecule has 0 aliphatic heterocycles. The van der Waals surface area contributed by atoms with Crippen molar-refractivity contribution in [3.05, 3.63) is 39.8 Å². The number of aromatic nitrogens is 1. The number of carbonyl (C=O) groups excluding carboxylic acids is 1. The number of halogens is 1. The Labute approximate surface area is 146 Å². The minimum absolute atomic E-state index is 0.196. The van der Waals surface area contributed by atoms with E-state index in [0.717, 1.165) is 10.9 Å². The summed E-state index contributed by atoms with van der Waals surface area (Å²) in [6.45, 7) is 2.55. The largest absolute Gasteiger partial charge is 0.493 e. The van der Waals surface area contributed by atoms with Crippen molar-refractivity contribution in [1.82, 2.24) is 10.3 Å². The van der Waals surface area contributed by atoms with Crippen molar-refractivity contribution in [3.63, 3.8) is 0 Å². The molecule has 0 spiro atoms. The molecule has 0 saturated heterocycles. The fraction of sp³-hybridized carbons (Fsp3) is 0.214. The summed E-state index contributed by atoms with van der Waals surface area (Å²) in [6.07, 6.45) is 2.52. The molecule has 1 aromatic carbocycles. The van der Waals surface area contributed by atoms with E-state index in [-0.39, 0.29) is 11.0 Å². The molecule has 2 aromatic rings. The third kappa shape index (κ3) is 4.75. The van der Waals surface area contributed by atoms with Crippen molar-refractivity contribution in [2.45, 2.75) is 13.3 Å². The predicted octanol–water partition coefficient (Wildman–Crippen LogP) is 3.82. The van der Waals surface area contributed by atoms with Gasteiger partial charge < -0.3 is 10.1 Å². The van der Waals surface area contributed by atoms with Gasteiger partial charge in [0.2, 0.25) is 0 Å². The van der Waals surface area contributed by atoms with E-state index < -0.39 is 0 Å². The van der Waals surface area contributed by atoms with Crippen LogP contribution in [0.25, 0.3) is 0 Å². The zero-order chi connectivity index (χ0) is 15.9. The van der Waals surface area contributed by atoms with Gasteiger partial charge >= 0.3 is 0 Å². The topological polar surface area (TPSA) is 63.2 Å². The van der Waals surface area contributed by atoms with Gasteiger partial charge in [-0.2, -0.15) is 0 Å². The second-order valence-electron chi connectivity index (χ2n) is 4.23. The fourth-order valence-electron chi connectivity index (χ4n) is 1.60. The number of carbonyl (C=O) groups is 1. The fourth-order valence-corrected chi connectivity index (χ4v) is 2.75. The van der Waals surface area contributed by atoms with Crippen LogP contribution in [0.2, 0.25) is 0 Å². The quantitative estimate of drug-likeness (QED) is 0.748. The normalized spacial score (nSPS) is 10.1. The standard InChI is InChI=1S/C14H14BrN3O2S2/c1-2-6-20-11-4-3-9(15)8-10(11)12(19)17-13(21)18-14-16-5-7-22-14/h3-5,7-8H,2,6H2,1H3,(H2,16,17,18,19,21). The number of amides is 1. The van der Waals surface area contributed by atoms with Crippen LogP contribution in [0.1, 0.15) is 23.7 Å². The minimum Gasteiger partial charge on any atom is -0.493 e. The second kappa shape index (κ2) is 8.21. The first-order valence-corrected chi connectivity index (χ1v) is 8.62. The first-order valence-electron chi connectivity index (χ1n) is 6.54. The van der Waals surface area contributed by atoms with E-state index in [9.17, 15) is 4.79 Å². The number of benzene rings is 1. The van der Waals surface area contributed by atoms with Gasteiger partial charge in [-0.1, -0.05) is 22.9 Å². The number of ether oxygens (including phenoxy) is 1. The maximum atomic E-state index is 12.4. The molecule has 0 fully saturated rings. The summed E-state index contributed by atoms with van der Waals surface area (Å²) in [7, 11) is 0. The van der Waals surface area contributed by atoms with E-state index in [0.29, 0.717) is 23.1 Å². The number of nitrogens with one attached hydrogen (secondary N) is 2. The predicted molar refractivity (Wildman–Crippen MR) is 95.7 cm³/mol. The molecular weight excluding hydrogens is 386 g/mol. The van der Waals surface area contributed by atoms with Crippen LogP contribution in [0.5, 0.6) is 5.75 Å². The summed E-state index contributed by atoms with van der Waals surface area (Å²) in [5.74, 6) is 0.195. The van der Waals surface area contributed by atoms with Gasteiger partial charge in [0.15, 0.2) is 10.2 Å². The molecular formula is C14H14BrN3O2S2. The molecule has 5 nitrogen and oxygen atoms in total. The number of nitrogens with zero attached hydrogens (tertiary/aromatic N) is 1. The lowest BCUT2D eigenvalue weighted by molar-refractivity contribution is 0.0973. The second-order valence-corrected chi connectivity index (χ2v) is 6.45. The maximum Gasteiger partial charge on any atom is 0.261 e. The third-order valence-electron chi connectivity index (χ3n) is 2.53. The molecule has 0 aliphatic carbocycles. The smallest absolute Gasteiger partial charge is 0.261 e. The number of rotatable bonds is 5. The van der Waals surface area contributed by atoms with Gasteiger partial charge in [-0.05, 0) is 36.8 Å². The summed E-state index contributed by atoms with van der Waals surface area (Å²) < 4.78 is 6.39. The summed E-state index contributed by atoms with van der Waals surface area (Å²) in [4.78, 5) is 16.4. The van der Waals surface area contributed by atoms with Crippen LogP contribution in [-0.4, -0.2) is 22.6 Å². The molecule has 2 rings (SSSR count). The van der Waals surface area contributed by atoms with E-state index in [1.54, 1.807) is 18.3 Å². The number of hydrogen-bond donors (Lipinski definition) is 2. The molecule has 0 saturated carbocycles. The van der Waals surface area contributed by atoms with E-state index in [2.05, 4.69) is 31.5 Å². The van der Waals surface area contributed by atoms with Gasteiger partial charge in [0.25, 0.3) is 5.91 Å². The lowest BCUT2D eigenvalue weighted by atomic mass is 10.2. The Morgan fingerprint density at radius 2 is 2.32 bits per heavy atom. The van der Waals surface area contributed by atoms with Crippen molar-refractivity contribution in [3.8, 4) is 5.75 Å². The van der Waals surface area contributed by atoms with E-state index in [1.807, 2.05) is 18.4 Å². The zero-order valence-corrected chi connectivity index (χ0v) is 15.0. The molecule has 1 heterocycles. The van der Waals surface area contributed by atoms with Gasteiger partial charge in [-0.3, -0.25) is 10.1 Å². The van der Waals surface area contributed by atoms with Gasteiger partial charge in [-0.15, -0.1) is 11.3 Å². The highest BCUT2D eigenvalue weighted by Crippen LogP contribution is 2.23. The number of thiocarbonyl (C=S) groups is 1. The Bertz CT molecular complexity index is 662. The SMILES string of the molecule is CCCOc1ccc(Br)cc1C(=O)NC(=S)Nc1nccs1. The summed E-state index contributed by atoms with van der Waals surface area (Å²) >= 11 is 9.87. The number of thiazole rings is 1. The molecule has 0 bridgehead atoms. The van der Waals surface area contributed by atoms with Gasteiger partial charge in [0.05, 0.1) is 12.2 Å². The highest BCUT2D eigenvalue weighted by Gasteiger charge is 2.15. The van der Waals surface area contributed by atoms with Crippen molar-refractivity contribution in [1.29, 1.82) is 0 Å². The van der Waals surface area contributed by atoms with Crippen LogP contribution >= 0.6 is 39.5 Å². The molecule has 0 radical (unpaired) electrons. The Morgan fingerprint density at radius 1 is 1.50 bits per heavy atom. The van der Waals surface area contributed by atoms with Crippen molar-refractivity contribution in [2.75, 3.05) is 11.9 Å². The zero-order valence-electron chi connectivity index (χ0n) is 11.8. The van der Waals surface area contributed by atoms with Crippen LogP contribution in [0.4, 0.5) is 5.13 Å². The van der Waals surface area contributed by atoms with Crippen LogP contribution in [0, 0.1) is 0 Å². The van der Waals surface area contributed by atoms with Crippen LogP contribution < -0.4 is 15.4 Å². The Balaban J connectivity index is 2.07. The number of anilines is 1. The van der Waals surface area contributed by atoms with Gasteiger partial charge in [0, 0.05) is 16.0 Å². The first-order chi connectivity index (χ1) is 10.6.